The predicted molar refractivity (Wildman–Crippen MR) is 90.0 cm³/mol. The van der Waals surface area contributed by atoms with Crippen LogP contribution in [0.2, 0.25) is 0 Å². The zero-order valence-electron chi connectivity index (χ0n) is 12.6. The fourth-order valence-electron chi connectivity index (χ4n) is 2.69. The van der Waals surface area contributed by atoms with Gasteiger partial charge in [0.1, 0.15) is 5.82 Å². The zero-order valence-corrected chi connectivity index (χ0v) is 13.4. The van der Waals surface area contributed by atoms with Crippen molar-refractivity contribution in [3.63, 3.8) is 0 Å². The van der Waals surface area contributed by atoms with Crippen LogP contribution in [0.15, 0.2) is 47.1 Å². The van der Waals surface area contributed by atoms with Crippen LogP contribution in [0.3, 0.4) is 0 Å². The standard InChI is InChI=1S/C17H15N3O2S/c1-11-5-2-3-6-14(11)20-16(12-9-23-10-13(12)19-20)18-17(21)15-7-4-8-22-15/h2-8H,9-10H2,1H3,(H,18,21). The molecule has 0 radical (unpaired) electrons. The van der Waals surface area contributed by atoms with Gasteiger partial charge in [0.15, 0.2) is 5.76 Å². The third-order valence-electron chi connectivity index (χ3n) is 3.87. The molecule has 3 aromatic rings. The van der Waals surface area contributed by atoms with Crippen LogP contribution < -0.4 is 5.32 Å². The van der Waals surface area contributed by atoms with E-state index in [1.54, 1.807) is 23.9 Å². The molecule has 4 rings (SSSR count). The van der Waals surface area contributed by atoms with Gasteiger partial charge in [-0.15, -0.1) is 0 Å². The number of benzene rings is 1. The number of carbonyl (C=O) groups excluding carboxylic acids is 1. The highest BCUT2D eigenvalue weighted by molar-refractivity contribution is 7.98. The molecule has 1 aromatic carbocycles. The number of fused-ring (bicyclic) bond motifs is 1. The number of anilines is 1. The van der Waals surface area contributed by atoms with E-state index in [0.29, 0.717) is 5.76 Å². The van der Waals surface area contributed by atoms with Crippen molar-refractivity contribution in [3.8, 4) is 5.69 Å². The van der Waals surface area contributed by atoms with E-state index in [0.717, 1.165) is 39.8 Å². The number of hydrogen-bond acceptors (Lipinski definition) is 4. The summed E-state index contributed by atoms with van der Waals surface area (Å²) in [6.07, 6.45) is 1.49. The molecule has 0 spiro atoms. The van der Waals surface area contributed by atoms with Crippen molar-refractivity contribution in [2.24, 2.45) is 0 Å². The van der Waals surface area contributed by atoms with Gasteiger partial charge in [-0.2, -0.15) is 16.9 Å². The van der Waals surface area contributed by atoms with Crippen molar-refractivity contribution in [2.45, 2.75) is 18.4 Å². The first kappa shape index (κ1) is 14.1. The Labute approximate surface area is 137 Å². The topological polar surface area (TPSA) is 60.1 Å². The summed E-state index contributed by atoms with van der Waals surface area (Å²) in [7, 11) is 0. The Morgan fingerprint density at radius 3 is 2.91 bits per heavy atom. The predicted octanol–water partition coefficient (Wildman–Crippen LogP) is 3.77. The van der Waals surface area contributed by atoms with Crippen LogP contribution in [0.4, 0.5) is 5.82 Å². The first-order valence-corrected chi connectivity index (χ1v) is 8.49. The summed E-state index contributed by atoms with van der Waals surface area (Å²) in [5.74, 6) is 2.50. The molecule has 116 valence electrons. The lowest BCUT2D eigenvalue weighted by molar-refractivity contribution is 0.0996. The van der Waals surface area contributed by atoms with Crippen LogP contribution in [-0.2, 0) is 11.5 Å². The molecule has 0 bridgehead atoms. The van der Waals surface area contributed by atoms with E-state index in [9.17, 15) is 4.79 Å². The molecule has 3 heterocycles. The van der Waals surface area contributed by atoms with Crippen molar-refractivity contribution >= 4 is 23.5 Å². The lowest BCUT2D eigenvalue weighted by Crippen LogP contribution is -2.16. The van der Waals surface area contributed by atoms with E-state index in [2.05, 4.69) is 5.32 Å². The van der Waals surface area contributed by atoms with Gasteiger partial charge in [0.2, 0.25) is 0 Å². The van der Waals surface area contributed by atoms with Crippen molar-refractivity contribution in [1.29, 1.82) is 0 Å². The van der Waals surface area contributed by atoms with Crippen molar-refractivity contribution in [1.82, 2.24) is 9.78 Å². The number of rotatable bonds is 3. The highest BCUT2D eigenvalue weighted by Gasteiger charge is 2.25. The Balaban J connectivity index is 1.79. The van der Waals surface area contributed by atoms with Gasteiger partial charge in [0.25, 0.3) is 5.91 Å². The van der Waals surface area contributed by atoms with Crippen LogP contribution in [0.1, 0.15) is 27.4 Å². The molecule has 6 heteroatoms. The Morgan fingerprint density at radius 2 is 2.13 bits per heavy atom. The van der Waals surface area contributed by atoms with Crippen molar-refractivity contribution in [2.75, 3.05) is 5.32 Å². The summed E-state index contributed by atoms with van der Waals surface area (Å²) in [6.45, 7) is 2.04. The summed E-state index contributed by atoms with van der Waals surface area (Å²) in [5, 5.41) is 7.68. The molecule has 0 atom stereocenters. The normalized spacial score (nSPS) is 13.1. The fraction of sp³-hybridized carbons (Fsp3) is 0.176. The maximum absolute atomic E-state index is 12.4. The second kappa shape index (κ2) is 5.62. The molecule has 1 amide bonds. The van der Waals surface area contributed by atoms with Crippen molar-refractivity contribution in [3.05, 3.63) is 65.2 Å². The smallest absolute Gasteiger partial charge is 0.292 e. The number of amides is 1. The van der Waals surface area contributed by atoms with Crippen LogP contribution in [0.25, 0.3) is 5.69 Å². The molecule has 0 fully saturated rings. The molecule has 2 aromatic heterocycles. The number of nitrogens with one attached hydrogen (secondary N) is 1. The Hall–Kier alpha value is -2.47. The summed E-state index contributed by atoms with van der Waals surface area (Å²) < 4.78 is 7.02. The molecule has 1 N–H and O–H groups in total. The third-order valence-corrected chi connectivity index (χ3v) is 4.84. The maximum atomic E-state index is 12.4. The molecule has 23 heavy (non-hydrogen) atoms. The van der Waals surface area contributed by atoms with Crippen molar-refractivity contribution < 1.29 is 9.21 Å². The van der Waals surface area contributed by atoms with Gasteiger partial charge in [-0.05, 0) is 30.7 Å². The second-order valence-electron chi connectivity index (χ2n) is 5.40. The monoisotopic (exact) mass is 325 g/mol. The van der Waals surface area contributed by atoms with Crippen LogP contribution in [-0.4, -0.2) is 15.7 Å². The lowest BCUT2D eigenvalue weighted by atomic mass is 10.2. The average Bonchev–Trinajstić information content (AvgIpc) is 3.26. The number of furan rings is 1. The van der Waals surface area contributed by atoms with Gasteiger partial charge in [0.05, 0.1) is 17.6 Å². The Kier molecular flexibility index (Phi) is 3.46. The van der Waals surface area contributed by atoms with Gasteiger partial charge in [0, 0.05) is 17.1 Å². The largest absolute Gasteiger partial charge is 0.459 e. The number of thioether (sulfide) groups is 1. The van der Waals surface area contributed by atoms with Gasteiger partial charge in [-0.25, -0.2) is 4.68 Å². The number of aryl methyl sites for hydroxylation is 1. The van der Waals surface area contributed by atoms with Gasteiger partial charge >= 0.3 is 0 Å². The summed E-state index contributed by atoms with van der Waals surface area (Å²) >= 11 is 1.81. The first-order valence-electron chi connectivity index (χ1n) is 7.33. The van der Waals surface area contributed by atoms with E-state index in [4.69, 9.17) is 9.52 Å². The number of para-hydroxylation sites is 1. The minimum Gasteiger partial charge on any atom is -0.459 e. The highest BCUT2D eigenvalue weighted by Crippen LogP contribution is 2.36. The SMILES string of the molecule is Cc1ccccc1-n1nc2c(c1NC(=O)c1ccco1)CSC2. The summed E-state index contributed by atoms with van der Waals surface area (Å²) in [4.78, 5) is 12.4. The van der Waals surface area contributed by atoms with Crippen LogP contribution in [0.5, 0.6) is 0 Å². The first-order chi connectivity index (χ1) is 11.2. The van der Waals surface area contributed by atoms with E-state index in [1.165, 1.54) is 6.26 Å². The molecule has 5 nitrogen and oxygen atoms in total. The Bertz CT molecular complexity index is 868. The third kappa shape index (κ3) is 2.45. The van der Waals surface area contributed by atoms with Gasteiger partial charge in [-0.3, -0.25) is 4.79 Å². The molecule has 1 aliphatic rings. The number of hydrogen-bond donors (Lipinski definition) is 1. The molecule has 0 saturated heterocycles. The maximum Gasteiger partial charge on any atom is 0.292 e. The van der Waals surface area contributed by atoms with E-state index in [1.807, 2.05) is 35.9 Å². The summed E-state index contributed by atoms with van der Waals surface area (Å²) in [6, 6.07) is 11.4. The number of aromatic nitrogens is 2. The van der Waals surface area contributed by atoms with Crippen LogP contribution in [0, 0.1) is 6.92 Å². The minimum atomic E-state index is -0.260. The quantitative estimate of drug-likeness (QED) is 0.796. The minimum absolute atomic E-state index is 0.260. The molecule has 0 unspecified atom stereocenters. The van der Waals surface area contributed by atoms with Gasteiger partial charge < -0.3 is 9.73 Å². The Morgan fingerprint density at radius 1 is 1.26 bits per heavy atom. The molecule has 0 saturated carbocycles. The zero-order chi connectivity index (χ0) is 15.8. The van der Waals surface area contributed by atoms with E-state index >= 15 is 0 Å². The molecule has 1 aliphatic heterocycles. The van der Waals surface area contributed by atoms with Gasteiger partial charge in [-0.1, -0.05) is 18.2 Å². The number of carbonyl (C=O) groups is 1. The average molecular weight is 325 g/mol. The summed E-state index contributed by atoms with van der Waals surface area (Å²) in [5.41, 5.74) is 4.21. The highest BCUT2D eigenvalue weighted by atomic mass is 32.2. The molecule has 0 aliphatic carbocycles. The fourth-order valence-corrected chi connectivity index (χ4v) is 3.73. The number of nitrogens with zero attached hydrogens (tertiary/aromatic N) is 2. The van der Waals surface area contributed by atoms with E-state index < -0.39 is 0 Å². The molecular formula is C17H15N3O2S. The second-order valence-corrected chi connectivity index (χ2v) is 6.38. The lowest BCUT2D eigenvalue weighted by Gasteiger charge is -2.12. The molecular weight excluding hydrogens is 310 g/mol. The van der Waals surface area contributed by atoms with Crippen LogP contribution >= 0.6 is 11.8 Å². The van der Waals surface area contributed by atoms with E-state index in [-0.39, 0.29) is 5.91 Å².